The number of aromatic hydroxyl groups is 2. The van der Waals surface area contributed by atoms with Crippen molar-refractivity contribution in [3.8, 4) is 11.5 Å². The molecule has 0 atom stereocenters. The number of esters is 1. The van der Waals surface area contributed by atoms with Gasteiger partial charge in [-0.25, -0.2) is 4.79 Å². The number of hydrogen-bond acceptors (Lipinski definition) is 4. The normalized spacial score (nSPS) is 10.6. The molecule has 0 saturated carbocycles. The van der Waals surface area contributed by atoms with Crippen LogP contribution in [0.15, 0.2) is 24.3 Å². The van der Waals surface area contributed by atoms with Gasteiger partial charge in [0.05, 0.1) is 6.61 Å². The molecule has 4 heteroatoms. The number of carbonyl (C=O) groups is 1. The minimum Gasteiger partial charge on any atom is -0.508 e. The molecule has 0 aliphatic rings. The Kier molecular flexibility index (Phi) is 4.39. The van der Waals surface area contributed by atoms with Gasteiger partial charge in [0.15, 0.2) is 0 Å². The van der Waals surface area contributed by atoms with Gasteiger partial charge >= 0.3 is 5.97 Å². The maximum Gasteiger partial charge on any atom is 0.330 e. The molecule has 0 heterocycles. The third-order valence-electron chi connectivity index (χ3n) is 1.86. The van der Waals surface area contributed by atoms with E-state index in [0.717, 1.165) is 6.42 Å². The predicted molar refractivity (Wildman–Crippen MR) is 60.1 cm³/mol. The van der Waals surface area contributed by atoms with Gasteiger partial charge < -0.3 is 14.9 Å². The van der Waals surface area contributed by atoms with Gasteiger partial charge in [-0.3, -0.25) is 0 Å². The number of hydrogen-bond donors (Lipinski definition) is 2. The lowest BCUT2D eigenvalue weighted by Gasteiger charge is -2.00. The van der Waals surface area contributed by atoms with Crippen molar-refractivity contribution >= 4 is 12.0 Å². The Bertz CT molecular complexity index is 396. The first-order valence-corrected chi connectivity index (χ1v) is 5.00. The standard InChI is InChI=1S/C12H14O4/c1-2-7-16-12(15)6-3-9-8-10(13)4-5-11(9)14/h3-6,8,13-14H,2,7H2,1H3. The van der Waals surface area contributed by atoms with E-state index in [9.17, 15) is 15.0 Å². The second kappa shape index (κ2) is 5.80. The number of phenols is 2. The quantitative estimate of drug-likeness (QED) is 0.465. The van der Waals surface area contributed by atoms with Crippen LogP contribution < -0.4 is 0 Å². The first-order chi connectivity index (χ1) is 7.63. The molecule has 4 nitrogen and oxygen atoms in total. The second-order valence-corrected chi connectivity index (χ2v) is 3.24. The fourth-order valence-electron chi connectivity index (χ4n) is 1.08. The summed E-state index contributed by atoms with van der Waals surface area (Å²) in [5.74, 6) is -0.443. The zero-order valence-corrected chi connectivity index (χ0v) is 9.01. The van der Waals surface area contributed by atoms with Gasteiger partial charge in [0.2, 0.25) is 0 Å². The Morgan fingerprint density at radius 1 is 1.44 bits per heavy atom. The van der Waals surface area contributed by atoms with Crippen molar-refractivity contribution in [2.75, 3.05) is 6.61 Å². The highest BCUT2D eigenvalue weighted by atomic mass is 16.5. The lowest BCUT2D eigenvalue weighted by atomic mass is 10.2. The van der Waals surface area contributed by atoms with Crippen LogP contribution >= 0.6 is 0 Å². The largest absolute Gasteiger partial charge is 0.508 e. The van der Waals surface area contributed by atoms with E-state index in [0.29, 0.717) is 12.2 Å². The molecule has 1 aromatic carbocycles. The molecule has 0 spiro atoms. The van der Waals surface area contributed by atoms with Crippen LogP contribution in [-0.4, -0.2) is 22.8 Å². The average Bonchev–Trinajstić information content (AvgIpc) is 2.27. The zero-order valence-electron chi connectivity index (χ0n) is 9.01. The van der Waals surface area contributed by atoms with Gasteiger partial charge in [0.25, 0.3) is 0 Å². The predicted octanol–water partition coefficient (Wildman–Crippen LogP) is 2.06. The molecule has 0 unspecified atom stereocenters. The van der Waals surface area contributed by atoms with Gasteiger partial charge in [-0.15, -0.1) is 0 Å². The van der Waals surface area contributed by atoms with Crippen molar-refractivity contribution in [1.29, 1.82) is 0 Å². The Hall–Kier alpha value is -1.97. The molecule has 0 fully saturated rings. The number of ether oxygens (including phenoxy) is 1. The van der Waals surface area contributed by atoms with Crippen molar-refractivity contribution in [3.63, 3.8) is 0 Å². The molecule has 0 amide bonds. The summed E-state index contributed by atoms with van der Waals surface area (Å²) >= 11 is 0. The smallest absolute Gasteiger partial charge is 0.330 e. The van der Waals surface area contributed by atoms with Crippen LogP contribution in [0.4, 0.5) is 0 Å². The van der Waals surface area contributed by atoms with E-state index in [1.807, 2.05) is 6.92 Å². The molecule has 0 aliphatic heterocycles. The van der Waals surface area contributed by atoms with Crippen LogP contribution in [0, 0.1) is 0 Å². The molecular formula is C12H14O4. The second-order valence-electron chi connectivity index (χ2n) is 3.24. The van der Waals surface area contributed by atoms with Crippen LogP contribution in [0.5, 0.6) is 11.5 Å². The third-order valence-corrected chi connectivity index (χ3v) is 1.86. The third kappa shape index (κ3) is 3.65. The first-order valence-electron chi connectivity index (χ1n) is 5.00. The highest BCUT2D eigenvalue weighted by Gasteiger charge is 2.00. The minimum absolute atomic E-state index is 0.00246. The highest BCUT2D eigenvalue weighted by molar-refractivity contribution is 5.87. The molecule has 16 heavy (non-hydrogen) atoms. The van der Waals surface area contributed by atoms with Crippen LogP contribution in [0.2, 0.25) is 0 Å². The van der Waals surface area contributed by atoms with E-state index < -0.39 is 5.97 Å². The van der Waals surface area contributed by atoms with Crippen molar-refractivity contribution < 1.29 is 19.7 Å². The fraction of sp³-hybridized carbons (Fsp3) is 0.250. The number of benzene rings is 1. The number of rotatable bonds is 4. The lowest BCUT2D eigenvalue weighted by Crippen LogP contribution is -2.00. The summed E-state index contributed by atoms with van der Waals surface area (Å²) in [6.45, 7) is 2.27. The average molecular weight is 222 g/mol. The summed E-state index contributed by atoms with van der Waals surface area (Å²) in [6, 6.07) is 4.08. The summed E-state index contributed by atoms with van der Waals surface area (Å²) in [6.07, 6.45) is 3.37. The summed E-state index contributed by atoms with van der Waals surface area (Å²) in [5, 5.41) is 18.6. The van der Waals surface area contributed by atoms with E-state index in [-0.39, 0.29) is 11.5 Å². The fourth-order valence-corrected chi connectivity index (χ4v) is 1.08. The van der Waals surface area contributed by atoms with Crippen LogP contribution in [0.1, 0.15) is 18.9 Å². The summed E-state index contributed by atoms with van der Waals surface area (Å²) in [7, 11) is 0. The van der Waals surface area contributed by atoms with Crippen LogP contribution in [-0.2, 0) is 9.53 Å². The molecule has 0 aromatic heterocycles. The Morgan fingerprint density at radius 2 is 2.19 bits per heavy atom. The van der Waals surface area contributed by atoms with Gasteiger partial charge in [-0.1, -0.05) is 6.92 Å². The molecule has 0 radical (unpaired) electrons. The lowest BCUT2D eigenvalue weighted by molar-refractivity contribution is -0.137. The summed E-state index contributed by atoms with van der Waals surface area (Å²) in [5.41, 5.74) is 0.369. The maximum absolute atomic E-state index is 11.1. The van der Waals surface area contributed by atoms with Crippen LogP contribution in [0.3, 0.4) is 0 Å². The maximum atomic E-state index is 11.1. The van der Waals surface area contributed by atoms with Crippen molar-refractivity contribution in [2.24, 2.45) is 0 Å². The van der Waals surface area contributed by atoms with E-state index in [1.54, 1.807) is 0 Å². The van der Waals surface area contributed by atoms with Crippen LogP contribution in [0.25, 0.3) is 6.08 Å². The van der Waals surface area contributed by atoms with E-state index in [2.05, 4.69) is 0 Å². The highest BCUT2D eigenvalue weighted by Crippen LogP contribution is 2.23. The molecule has 86 valence electrons. The molecule has 0 bridgehead atoms. The van der Waals surface area contributed by atoms with Crippen molar-refractivity contribution in [2.45, 2.75) is 13.3 Å². The molecule has 1 aromatic rings. The molecule has 1 rings (SSSR count). The van der Waals surface area contributed by atoms with Gasteiger partial charge in [0, 0.05) is 11.6 Å². The molecule has 0 aliphatic carbocycles. The summed E-state index contributed by atoms with van der Waals surface area (Å²) in [4.78, 5) is 11.1. The number of phenolic OH excluding ortho intramolecular Hbond substituents is 2. The Balaban J connectivity index is 2.68. The van der Waals surface area contributed by atoms with Gasteiger partial charge in [0.1, 0.15) is 11.5 Å². The topological polar surface area (TPSA) is 66.8 Å². The SMILES string of the molecule is CCCOC(=O)C=Cc1cc(O)ccc1O. The van der Waals surface area contributed by atoms with Crippen molar-refractivity contribution in [3.05, 3.63) is 29.8 Å². The van der Waals surface area contributed by atoms with E-state index >= 15 is 0 Å². The first kappa shape index (κ1) is 12.1. The molecule has 2 N–H and O–H groups in total. The van der Waals surface area contributed by atoms with Crippen molar-refractivity contribution in [1.82, 2.24) is 0 Å². The van der Waals surface area contributed by atoms with Gasteiger partial charge in [-0.2, -0.15) is 0 Å². The Morgan fingerprint density at radius 3 is 2.88 bits per heavy atom. The van der Waals surface area contributed by atoms with E-state index in [1.165, 1.54) is 30.4 Å². The number of carbonyl (C=O) groups excluding carboxylic acids is 1. The summed E-state index contributed by atoms with van der Waals surface area (Å²) < 4.78 is 4.81. The monoisotopic (exact) mass is 222 g/mol. The molecule has 0 saturated heterocycles. The Labute approximate surface area is 93.8 Å². The molecular weight excluding hydrogens is 208 g/mol. The van der Waals surface area contributed by atoms with E-state index in [4.69, 9.17) is 4.74 Å². The zero-order chi connectivity index (χ0) is 12.0. The minimum atomic E-state index is -0.468. The van der Waals surface area contributed by atoms with Gasteiger partial charge in [-0.05, 0) is 30.7 Å².